The summed E-state index contributed by atoms with van der Waals surface area (Å²) in [5.41, 5.74) is -0.447. The molecule has 0 atom stereocenters. The molecule has 0 unspecified atom stereocenters. The molecule has 2 rings (SSSR count). The van der Waals surface area contributed by atoms with Crippen LogP contribution in [0.2, 0.25) is 0 Å². The smallest absolute Gasteiger partial charge is 0.326 e. The van der Waals surface area contributed by atoms with Gasteiger partial charge < -0.3 is 9.47 Å². The van der Waals surface area contributed by atoms with Gasteiger partial charge in [0.25, 0.3) is 0 Å². The van der Waals surface area contributed by atoms with E-state index in [1.54, 1.807) is 0 Å². The summed E-state index contributed by atoms with van der Waals surface area (Å²) in [6, 6.07) is 0.520. The molecule has 0 aliphatic heterocycles. The van der Waals surface area contributed by atoms with Gasteiger partial charge in [-0.05, 0) is 26.7 Å². The van der Waals surface area contributed by atoms with E-state index in [4.69, 9.17) is 9.47 Å². The molecule has 2 aliphatic carbocycles. The minimum Gasteiger partial charge on any atom is -0.465 e. The second kappa shape index (κ2) is 4.72. The van der Waals surface area contributed by atoms with Crippen LogP contribution in [0, 0.1) is 0 Å². The highest BCUT2D eigenvalue weighted by Gasteiger charge is 2.53. The van der Waals surface area contributed by atoms with Gasteiger partial charge in [0.05, 0.1) is 12.7 Å². The van der Waals surface area contributed by atoms with Gasteiger partial charge in [-0.3, -0.25) is 10.1 Å². The van der Waals surface area contributed by atoms with Crippen LogP contribution in [0.25, 0.3) is 0 Å². The van der Waals surface area contributed by atoms with Crippen LogP contribution >= 0.6 is 0 Å². The molecule has 2 fully saturated rings. The highest BCUT2D eigenvalue weighted by Crippen LogP contribution is 2.38. The van der Waals surface area contributed by atoms with E-state index in [2.05, 4.69) is 5.32 Å². The molecule has 0 amide bonds. The van der Waals surface area contributed by atoms with E-state index >= 15 is 0 Å². The fourth-order valence-electron chi connectivity index (χ4n) is 2.30. The minimum absolute atomic E-state index is 0.0992. The summed E-state index contributed by atoms with van der Waals surface area (Å²) in [5, 5.41) is 3.42. The zero-order valence-corrected chi connectivity index (χ0v) is 10.1. The highest BCUT2D eigenvalue weighted by atomic mass is 16.5. The molecule has 0 radical (unpaired) electrons. The molecule has 0 aromatic rings. The van der Waals surface area contributed by atoms with Crippen LogP contribution in [0.15, 0.2) is 0 Å². The highest BCUT2D eigenvalue weighted by molar-refractivity contribution is 5.82. The zero-order chi connectivity index (χ0) is 11.6. The third-order valence-corrected chi connectivity index (χ3v) is 3.28. The number of esters is 1. The monoisotopic (exact) mass is 227 g/mol. The minimum atomic E-state index is -0.447. The Morgan fingerprint density at radius 1 is 1.31 bits per heavy atom. The Kier molecular flexibility index (Phi) is 3.50. The average Bonchev–Trinajstić information content (AvgIpc) is 2.98. The predicted molar refractivity (Wildman–Crippen MR) is 60.2 cm³/mol. The van der Waals surface area contributed by atoms with Crippen LogP contribution in [0.1, 0.15) is 39.5 Å². The van der Waals surface area contributed by atoms with E-state index < -0.39 is 5.54 Å². The number of hydrogen-bond acceptors (Lipinski definition) is 4. The number of carbonyl (C=O) groups excluding carboxylic acids is 1. The van der Waals surface area contributed by atoms with Crippen LogP contribution in [0.3, 0.4) is 0 Å². The van der Waals surface area contributed by atoms with Crippen molar-refractivity contribution in [1.29, 1.82) is 0 Å². The number of rotatable bonds is 6. The first-order valence-corrected chi connectivity index (χ1v) is 6.26. The third kappa shape index (κ3) is 2.38. The van der Waals surface area contributed by atoms with Gasteiger partial charge in [-0.15, -0.1) is 0 Å². The second-order valence-electron chi connectivity index (χ2n) is 4.71. The Labute approximate surface area is 96.7 Å². The van der Waals surface area contributed by atoms with Crippen LogP contribution in [0.5, 0.6) is 0 Å². The van der Waals surface area contributed by atoms with Gasteiger partial charge in [-0.25, -0.2) is 0 Å². The summed E-state index contributed by atoms with van der Waals surface area (Å²) in [6.45, 7) is 5.00. The Morgan fingerprint density at radius 3 is 2.50 bits per heavy atom. The van der Waals surface area contributed by atoms with Crippen molar-refractivity contribution < 1.29 is 14.3 Å². The molecule has 4 nitrogen and oxygen atoms in total. The average molecular weight is 227 g/mol. The number of ether oxygens (including phenoxy) is 2. The molecule has 0 bridgehead atoms. The van der Waals surface area contributed by atoms with E-state index in [1.807, 2.05) is 13.8 Å². The second-order valence-corrected chi connectivity index (χ2v) is 4.71. The van der Waals surface area contributed by atoms with E-state index in [1.165, 1.54) is 12.8 Å². The van der Waals surface area contributed by atoms with Gasteiger partial charge in [0.1, 0.15) is 5.54 Å². The van der Waals surface area contributed by atoms with Crippen molar-refractivity contribution in [1.82, 2.24) is 5.32 Å². The normalized spacial score (nSPS) is 33.2. The summed E-state index contributed by atoms with van der Waals surface area (Å²) < 4.78 is 10.7. The van der Waals surface area contributed by atoms with Gasteiger partial charge in [-0.2, -0.15) is 0 Å². The molecule has 4 heteroatoms. The molecular weight excluding hydrogens is 206 g/mol. The SMILES string of the molecule is CCOC(=O)C1(NC2CC2)CC(OCC)C1. The van der Waals surface area contributed by atoms with Crippen molar-refractivity contribution in [2.75, 3.05) is 13.2 Å². The molecule has 0 saturated heterocycles. The maximum absolute atomic E-state index is 11.9. The fraction of sp³-hybridized carbons (Fsp3) is 0.917. The maximum Gasteiger partial charge on any atom is 0.326 e. The van der Waals surface area contributed by atoms with E-state index in [0.29, 0.717) is 19.3 Å². The number of nitrogens with one attached hydrogen (secondary N) is 1. The van der Waals surface area contributed by atoms with Crippen molar-refractivity contribution >= 4 is 5.97 Å². The molecule has 1 N–H and O–H groups in total. The molecule has 2 aliphatic rings. The molecule has 16 heavy (non-hydrogen) atoms. The molecule has 0 aromatic heterocycles. The van der Waals surface area contributed by atoms with Crippen molar-refractivity contribution in [2.24, 2.45) is 0 Å². The van der Waals surface area contributed by atoms with Gasteiger partial charge in [0, 0.05) is 25.5 Å². The van der Waals surface area contributed by atoms with Crippen molar-refractivity contribution in [3.8, 4) is 0 Å². The molecule has 0 aromatic carbocycles. The molecule has 0 heterocycles. The topological polar surface area (TPSA) is 47.6 Å². The Bertz CT molecular complexity index is 257. The lowest BCUT2D eigenvalue weighted by molar-refractivity contribution is -0.164. The molecule has 2 saturated carbocycles. The van der Waals surface area contributed by atoms with Gasteiger partial charge in [0.15, 0.2) is 0 Å². The van der Waals surface area contributed by atoms with Crippen molar-refractivity contribution in [3.63, 3.8) is 0 Å². The molecular formula is C12H21NO3. The largest absolute Gasteiger partial charge is 0.465 e. The van der Waals surface area contributed by atoms with Gasteiger partial charge in [0.2, 0.25) is 0 Å². The van der Waals surface area contributed by atoms with Gasteiger partial charge >= 0.3 is 5.97 Å². The Hall–Kier alpha value is -0.610. The van der Waals surface area contributed by atoms with Crippen LogP contribution in [-0.4, -0.2) is 36.9 Å². The predicted octanol–water partition coefficient (Wildman–Crippen LogP) is 1.24. The Balaban J connectivity index is 1.90. The summed E-state index contributed by atoms with van der Waals surface area (Å²) in [5.74, 6) is -0.0992. The van der Waals surface area contributed by atoms with E-state index in [-0.39, 0.29) is 12.1 Å². The van der Waals surface area contributed by atoms with Gasteiger partial charge in [-0.1, -0.05) is 0 Å². The van der Waals surface area contributed by atoms with E-state index in [9.17, 15) is 4.79 Å². The number of carbonyl (C=O) groups is 1. The summed E-state index contributed by atoms with van der Waals surface area (Å²) >= 11 is 0. The van der Waals surface area contributed by atoms with E-state index in [0.717, 1.165) is 12.8 Å². The summed E-state index contributed by atoms with van der Waals surface area (Å²) in [6.07, 6.45) is 4.11. The number of hydrogen-bond donors (Lipinski definition) is 1. The summed E-state index contributed by atoms with van der Waals surface area (Å²) in [4.78, 5) is 11.9. The molecule has 0 spiro atoms. The third-order valence-electron chi connectivity index (χ3n) is 3.28. The Morgan fingerprint density at radius 2 is 2.00 bits per heavy atom. The quantitative estimate of drug-likeness (QED) is 0.694. The van der Waals surface area contributed by atoms with Crippen LogP contribution < -0.4 is 5.32 Å². The van der Waals surface area contributed by atoms with Crippen LogP contribution in [0.4, 0.5) is 0 Å². The van der Waals surface area contributed by atoms with Crippen molar-refractivity contribution in [3.05, 3.63) is 0 Å². The molecule has 92 valence electrons. The lowest BCUT2D eigenvalue weighted by Crippen LogP contribution is -2.64. The lowest BCUT2D eigenvalue weighted by Gasteiger charge is -2.45. The fourth-order valence-corrected chi connectivity index (χ4v) is 2.30. The first kappa shape index (κ1) is 11.9. The lowest BCUT2D eigenvalue weighted by atomic mass is 9.74. The first-order valence-electron chi connectivity index (χ1n) is 6.26. The standard InChI is InChI=1S/C12H21NO3/c1-3-15-10-7-12(8-10,11(14)16-4-2)13-9-5-6-9/h9-10,13H,3-8H2,1-2H3. The first-order chi connectivity index (χ1) is 7.70. The zero-order valence-electron chi connectivity index (χ0n) is 10.1. The maximum atomic E-state index is 11.9. The van der Waals surface area contributed by atoms with Crippen molar-refractivity contribution in [2.45, 2.75) is 57.2 Å². The van der Waals surface area contributed by atoms with Crippen LogP contribution in [-0.2, 0) is 14.3 Å². The summed E-state index contributed by atoms with van der Waals surface area (Å²) in [7, 11) is 0.